The van der Waals surface area contributed by atoms with Crippen LogP contribution in [0.3, 0.4) is 0 Å². The van der Waals surface area contributed by atoms with Crippen molar-refractivity contribution >= 4 is 31.7 Å². The molecule has 0 rings (SSSR count). The van der Waals surface area contributed by atoms with E-state index in [9.17, 15) is 4.79 Å². The van der Waals surface area contributed by atoms with Crippen molar-refractivity contribution < 1.29 is 14.0 Å². The molecule has 0 aliphatic carbocycles. The van der Waals surface area contributed by atoms with E-state index in [2.05, 4.69) is 19.6 Å². The van der Waals surface area contributed by atoms with E-state index in [1.807, 2.05) is 34.6 Å². The lowest BCUT2D eigenvalue weighted by molar-refractivity contribution is 0.0230. The van der Waals surface area contributed by atoms with Gasteiger partial charge in [-0.25, -0.2) is 4.79 Å². The lowest BCUT2D eigenvalue weighted by Gasteiger charge is -2.35. The van der Waals surface area contributed by atoms with Crippen LogP contribution in [0, 0.1) is 5.92 Å². The molecule has 4 nitrogen and oxygen atoms in total. The smallest absolute Gasteiger partial charge is 0.410 e. The molecule has 0 aliphatic heterocycles. The first-order valence-corrected chi connectivity index (χ1v) is 10.7. The zero-order chi connectivity index (χ0) is 16.3. The zero-order valence-corrected chi connectivity index (χ0v) is 16.1. The van der Waals surface area contributed by atoms with E-state index < -0.39 is 13.9 Å². The molecule has 118 valence electrons. The van der Waals surface area contributed by atoms with Crippen LogP contribution in [-0.4, -0.2) is 43.1 Å². The number of likely N-dealkylation sites (N-methyl/N-ethyl adjacent to an activating group) is 1. The number of nitrogens with zero attached hydrogens (tertiary/aromatic N) is 1. The number of amides is 1. The van der Waals surface area contributed by atoms with Gasteiger partial charge in [-0.1, -0.05) is 13.8 Å². The summed E-state index contributed by atoms with van der Waals surface area (Å²) in [6.45, 7) is 15.8. The standard InChI is InChI=1S/C14H29NO3SSi/c1-10(2)11(12(19)18-20(7,8)9)15(6)13(16)17-14(3,4)5/h10-11H,1-9H3. The first-order chi connectivity index (χ1) is 8.74. The lowest BCUT2D eigenvalue weighted by atomic mass is 10.0. The largest absolute Gasteiger partial charge is 0.538 e. The maximum absolute atomic E-state index is 12.2. The van der Waals surface area contributed by atoms with E-state index in [0.29, 0.717) is 5.05 Å². The third kappa shape index (κ3) is 7.24. The van der Waals surface area contributed by atoms with Crippen LogP contribution in [-0.2, 0) is 9.16 Å². The van der Waals surface area contributed by atoms with Crippen LogP contribution in [0.5, 0.6) is 0 Å². The average Bonchev–Trinajstić information content (AvgIpc) is 2.10. The summed E-state index contributed by atoms with van der Waals surface area (Å²) in [6, 6.07) is -0.258. The minimum absolute atomic E-state index is 0.163. The van der Waals surface area contributed by atoms with Gasteiger partial charge in [-0.3, -0.25) is 4.90 Å². The number of rotatable bonds is 4. The van der Waals surface area contributed by atoms with E-state index >= 15 is 0 Å². The summed E-state index contributed by atoms with van der Waals surface area (Å²) in [5, 5.41) is 0.479. The predicted molar refractivity (Wildman–Crippen MR) is 89.7 cm³/mol. The highest BCUT2D eigenvalue weighted by Gasteiger charge is 2.33. The Labute approximate surface area is 129 Å². The highest BCUT2D eigenvalue weighted by Crippen LogP contribution is 2.19. The summed E-state index contributed by atoms with van der Waals surface area (Å²) in [5.74, 6) is 0.163. The van der Waals surface area contributed by atoms with Crippen molar-refractivity contribution in [2.24, 2.45) is 5.92 Å². The molecule has 0 aromatic heterocycles. The zero-order valence-electron chi connectivity index (χ0n) is 14.2. The fraction of sp³-hybridized carbons (Fsp3) is 0.857. The van der Waals surface area contributed by atoms with Crippen LogP contribution in [0.2, 0.25) is 19.6 Å². The molecule has 0 fully saturated rings. The molecule has 6 heteroatoms. The van der Waals surface area contributed by atoms with Crippen LogP contribution in [0.1, 0.15) is 34.6 Å². The second kappa shape index (κ2) is 6.89. The van der Waals surface area contributed by atoms with Gasteiger partial charge in [-0.2, -0.15) is 0 Å². The van der Waals surface area contributed by atoms with Gasteiger partial charge in [-0.05, 0) is 58.5 Å². The second-order valence-corrected chi connectivity index (χ2v) is 12.1. The van der Waals surface area contributed by atoms with Crippen LogP contribution in [0.25, 0.3) is 0 Å². The molecule has 0 heterocycles. The molecule has 0 saturated carbocycles. The molecule has 1 atom stereocenters. The number of carbonyl (C=O) groups is 1. The molecule has 0 radical (unpaired) electrons. The van der Waals surface area contributed by atoms with Gasteiger partial charge in [-0.15, -0.1) is 0 Å². The van der Waals surface area contributed by atoms with Crippen molar-refractivity contribution in [3.8, 4) is 0 Å². The monoisotopic (exact) mass is 319 g/mol. The number of thiocarbonyl (C=S) groups is 1. The Hall–Kier alpha value is -0.623. The SMILES string of the molecule is CC(C)C(C(=S)O[Si](C)(C)C)N(C)C(=O)OC(C)(C)C. The quantitative estimate of drug-likeness (QED) is 0.578. The Morgan fingerprint density at radius 1 is 1.20 bits per heavy atom. The number of ether oxygens (including phenoxy) is 1. The summed E-state index contributed by atoms with van der Waals surface area (Å²) in [4.78, 5) is 13.7. The van der Waals surface area contributed by atoms with Crippen LogP contribution >= 0.6 is 12.2 Å². The Morgan fingerprint density at radius 2 is 1.65 bits per heavy atom. The van der Waals surface area contributed by atoms with Gasteiger partial charge in [0.25, 0.3) is 0 Å². The third-order valence-electron chi connectivity index (χ3n) is 2.38. The second-order valence-electron chi connectivity index (χ2n) is 7.31. The van der Waals surface area contributed by atoms with Gasteiger partial charge < -0.3 is 9.16 Å². The van der Waals surface area contributed by atoms with Crippen molar-refractivity contribution in [3.05, 3.63) is 0 Å². The molecule has 1 amide bonds. The van der Waals surface area contributed by atoms with E-state index in [1.54, 1.807) is 11.9 Å². The lowest BCUT2D eigenvalue weighted by Crippen LogP contribution is -2.49. The highest BCUT2D eigenvalue weighted by atomic mass is 32.1. The highest BCUT2D eigenvalue weighted by molar-refractivity contribution is 7.80. The van der Waals surface area contributed by atoms with Crippen molar-refractivity contribution in [2.45, 2.75) is 65.9 Å². The van der Waals surface area contributed by atoms with Gasteiger partial charge in [0.1, 0.15) is 11.6 Å². The molecule has 1 unspecified atom stereocenters. The minimum atomic E-state index is -1.78. The van der Waals surface area contributed by atoms with Crippen molar-refractivity contribution in [1.82, 2.24) is 4.90 Å². The number of hydrogen-bond acceptors (Lipinski definition) is 4. The molecular weight excluding hydrogens is 290 g/mol. The topological polar surface area (TPSA) is 38.8 Å². The Morgan fingerprint density at radius 3 is 1.95 bits per heavy atom. The number of hydrogen-bond donors (Lipinski definition) is 0. The molecule has 0 aromatic carbocycles. The van der Waals surface area contributed by atoms with Crippen LogP contribution < -0.4 is 0 Å². The van der Waals surface area contributed by atoms with Crippen molar-refractivity contribution in [1.29, 1.82) is 0 Å². The van der Waals surface area contributed by atoms with E-state index in [0.717, 1.165) is 0 Å². The van der Waals surface area contributed by atoms with Crippen molar-refractivity contribution in [3.63, 3.8) is 0 Å². The third-order valence-corrected chi connectivity index (χ3v) is 3.68. The summed E-state index contributed by atoms with van der Waals surface area (Å²) in [6.07, 6.45) is -0.377. The van der Waals surface area contributed by atoms with Gasteiger partial charge in [0.15, 0.2) is 5.05 Å². The first kappa shape index (κ1) is 19.4. The molecule has 20 heavy (non-hydrogen) atoms. The summed E-state index contributed by atoms with van der Waals surface area (Å²) in [5.41, 5.74) is -0.520. The van der Waals surface area contributed by atoms with Gasteiger partial charge in [0.2, 0.25) is 8.32 Å². The van der Waals surface area contributed by atoms with Gasteiger partial charge in [0, 0.05) is 7.05 Å². The van der Waals surface area contributed by atoms with E-state index in [1.165, 1.54) is 0 Å². The molecular formula is C14H29NO3SSi. The number of carbonyl (C=O) groups excluding carboxylic acids is 1. The van der Waals surface area contributed by atoms with Gasteiger partial charge >= 0.3 is 6.09 Å². The fourth-order valence-electron chi connectivity index (χ4n) is 1.69. The molecule has 0 aliphatic rings. The summed E-state index contributed by atoms with van der Waals surface area (Å²) in [7, 11) is -0.0694. The van der Waals surface area contributed by atoms with E-state index in [-0.39, 0.29) is 18.1 Å². The van der Waals surface area contributed by atoms with Gasteiger partial charge in [0.05, 0.1) is 0 Å². The maximum atomic E-state index is 12.2. The predicted octanol–water partition coefficient (Wildman–Crippen LogP) is 4.06. The molecule has 0 bridgehead atoms. The Bertz CT molecular complexity index is 358. The fourth-order valence-corrected chi connectivity index (χ4v) is 3.59. The van der Waals surface area contributed by atoms with Crippen LogP contribution in [0.4, 0.5) is 4.79 Å². The minimum Gasteiger partial charge on any atom is -0.538 e. The molecule has 0 saturated heterocycles. The average molecular weight is 320 g/mol. The molecule has 0 N–H and O–H groups in total. The van der Waals surface area contributed by atoms with Crippen LogP contribution in [0.15, 0.2) is 0 Å². The summed E-state index contributed by atoms with van der Waals surface area (Å²) >= 11 is 5.40. The first-order valence-electron chi connectivity index (χ1n) is 6.93. The maximum Gasteiger partial charge on any atom is 0.410 e. The molecule has 0 aromatic rings. The summed E-state index contributed by atoms with van der Waals surface area (Å²) < 4.78 is 11.3. The molecule has 0 spiro atoms. The normalized spacial score (nSPS) is 13.9. The Balaban J connectivity index is 5.01. The Kier molecular flexibility index (Phi) is 6.68. The van der Waals surface area contributed by atoms with Crippen molar-refractivity contribution in [2.75, 3.05) is 7.05 Å². The van der Waals surface area contributed by atoms with E-state index in [4.69, 9.17) is 21.4 Å².